The van der Waals surface area contributed by atoms with Crippen molar-refractivity contribution in [3.8, 4) is 0 Å². The summed E-state index contributed by atoms with van der Waals surface area (Å²) >= 11 is 4.98. The summed E-state index contributed by atoms with van der Waals surface area (Å²) in [5, 5.41) is 11.1. The molecule has 0 spiro atoms. The van der Waals surface area contributed by atoms with Crippen LogP contribution in [0.4, 0.5) is 0 Å². The first-order valence-corrected chi connectivity index (χ1v) is 3.66. The molecule has 2 aliphatic rings. The van der Waals surface area contributed by atoms with Crippen LogP contribution in [0.3, 0.4) is 0 Å². The topological polar surface area (TPSA) is 37.1 Å². The minimum atomic E-state index is 0.0764. The highest BCUT2D eigenvalue weighted by Gasteiger charge is 2.20. The van der Waals surface area contributed by atoms with Gasteiger partial charge in [0.1, 0.15) is 4.99 Å². The van der Waals surface area contributed by atoms with E-state index < -0.39 is 0 Å². The Morgan fingerprint density at radius 1 is 1.36 bits per heavy atom. The molecule has 0 radical (unpaired) electrons. The van der Waals surface area contributed by atoms with Gasteiger partial charge < -0.3 is 0 Å². The Labute approximate surface area is 69.2 Å². The zero-order chi connectivity index (χ0) is 7.68. The number of rotatable bonds is 0. The molecule has 0 aromatic rings. The summed E-state index contributed by atoms with van der Waals surface area (Å²) in [4.78, 5) is 0.593. The molecule has 1 unspecified atom stereocenters. The Kier molecular flexibility index (Phi) is 1.47. The minimum Gasteiger partial charge on any atom is -0.134 e. The summed E-state index contributed by atoms with van der Waals surface area (Å²) in [6.45, 7) is 0. The van der Waals surface area contributed by atoms with Crippen molar-refractivity contribution in [3.63, 3.8) is 0 Å². The lowest BCUT2D eigenvalue weighted by Crippen LogP contribution is -2.20. The van der Waals surface area contributed by atoms with Crippen LogP contribution in [0.1, 0.15) is 0 Å². The molecule has 0 aromatic carbocycles. The lowest BCUT2D eigenvalue weighted by atomic mass is 9.98. The molecule has 0 aromatic heterocycles. The maximum atomic E-state index is 4.98. The first-order chi connectivity index (χ1) is 5.38. The van der Waals surface area contributed by atoms with Crippen molar-refractivity contribution < 1.29 is 0 Å². The van der Waals surface area contributed by atoms with E-state index in [-0.39, 0.29) is 5.92 Å². The zero-order valence-electron chi connectivity index (χ0n) is 5.64. The van der Waals surface area contributed by atoms with Gasteiger partial charge in [0, 0.05) is 0 Å². The maximum absolute atomic E-state index is 4.98. The fourth-order valence-corrected chi connectivity index (χ4v) is 1.25. The van der Waals surface area contributed by atoms with Crippen LogP contribution in [-0.4, -0.2) is 10.7 Å². The highest BCUT2D eigenvalue weighted by molar-refractivity contribution is 7.80. The summed E-state index contributed by atoms with van der Waals surface area (Å²) in [6.07, 6.45) is 7.73. The van der Waals surface area contributed by atoms with Gasteiger partial charge in [0.05, 0.1) is 11.6 Å². The Hall–Kier alpha value is -1.16. The van der Waals surface area contributed by atoms with Gasteiger partial charge >= 0.3 is 0 Å². The molecule has 0 bridgehead atoms. The fourth-order valence-electron chi connectivity index (χ4n) is 1.02. The molecule has 1 heterocycles. The molecule has 0 fully saturated rings. The smallest absolute Gasteiger partial charge is 0.134 e. The number of hydrogen-bond acceptors (Lipinski definition) is 3. The van der Waals surface area contributed by atoms with E-state index in [1.165, 1.54) is 0 Å². The molecule has 4 heteroatoms. The van der Waals surface area contributed by atoms with Gasteiger partial charge in [0.15, 0.2) is 0 Å². The van der Waals surface area contributed by atoms with Crippen molar-refractivity contribution in [2.75, 3.05) is 0 Å². The van der Waals surface area contributed by atoms with Crippen LogP contribution in [-0.2, 0) is 0 Å². The predicted molar refractivity (Wildman–Crippen MR) is 46.7 cm³/mol. The van der Waals surface area contributed by atoms with Gasteiger partial charge in [-0.2, -0.15) is 0 Å². The fraction of sp³-hybridized carbons (Fsp3) is 0.143. The van der Waals surface area contributed by atoms with E-state index in [0.717, 1.165) is 5.71 Å². The lowest BCUT2D eigenvalue weighted by Gasteiger charge is -2.14. The van der Waals surface area contributed by atoms with Crippen LogP contribution < -0.4 is 0 Å². The Morgan fingerprint density at radius 3 is 3.09 bits per heavy atom. The van der Waals surface area contributed by atoms with Crippen molar-refractivity contribution in [1.82, 2.24) is 0 Å². The van der Waals surface area contributed by atoms with Gasteiger partial charge in [-0.15, -0.1) is 10.2 Å². The standard InChI is InChI=1S/C7H5N3S/c11-7-5-3-1-2-4-6(5)8-10-9-7/h1-5H. The molecule has 11 heavy (non-hydrogen) atoms. The lowest BCUT2D eigenvalue weighted by molar-refractivity contribution is 0.990. The van der Waals surface area contributed by atoms with E-state index in [1.54, 1.807) is 0 Å². The number of fused-ring (bicyclic) bond motifs is 1. The summed E-state index contributed by atoms with van der Waals surface area (Å²) in [7, 11) is 0. The van der Waals surface area contributed by atoms with E-state index in [1.807, 2.05) is 24.3 Å². The van der Waals surface area contributed by atoms with Gasteiger partial charge in [0.2, 0.25) is 0 Å². The van der Waals surface area contributed by atoms with Crippen molar-refractivity contribution in [2.45, 2.75) is 0 Å². The molecule has 1 aliphatic carbocycles. The molecule has 1 aliphatic heterocycles. The first-order valence-electron chi connectivity index (χ1n) is 3.25. The quantitative estimate of drug-likeness (QED) is 0.502. The van der Waals surface area contributed by atoms with E-state index in [0.29, 0.717) is 4.99 Å². The molecule has 0 N–H and O–H groups in total. The van der Waals surface area contributed by atoms with Gasteiger partial charge in [-0.05, 0) is 11.3 Å². The van der Waals surface area contributed by atoms with Gasteiger partial charge in [-0.3, -0.25) is 0 Å². The second-order valence-corrected chi connectivity index (χ2v) is 2.69. The highest BCUT2D eigenvalue weighted by atomic mass is 32.1. The number of allylic oxidation sites excluding steroid dienone is 3. The van der Waals surface area contributed by atoms with Crippen LogP contribution in [0, 0.1) is 5.92 Å². The van der Waals surface area contributed by atoms with Crippen LogP contribution in [0.2, 0.25) is 0 Å². The van der Waals surface area contributed by atoms with Crippen LogP contribution in [0.5, 0.6) is 0 Å². The average molecular weight is 163 g/mol. The average Bonchev–Trinajstić information content (AvgIpc) is 2.06. The molecule has 3 nitrogen and oxygen atoms in total. The van der Waals surface area contributed by atoms with Crippen molar-refractivity contribution in [2.24, 2.45) is 21.4 Å². The Balaban J connectivity index is 2.43. The molecular formula is C7H5N3S. The largest absolute Gasteiger partial charge is 0.140 e. The molecule has 0 amide bonds. The first kappa shape index (κ1) is 6.54. The normalized spacial score (nSPS) is 26.7. The second-order valence-electron chi connectivity index (χ2n) is 2.27. The SMILES string of the molecule is S=C1N=NN=C2C=CC=CC12. The van der Waals surface area contributed by atoms with Crippen LogP contribution in [0.15, 0.2) is 39.7 Å². The Morgan fingerprint density at radius 2 is 2.27 bits per heavy atom. The van der Waals surface area contributed by atoms with Gasteiger partial charge in [-0.25, -0.2) is 0 Å². The van der Waals surface area contributed by atoms with E-state index in [4.69, 9.17) is 12.2 Å². The Bertz CT molecular complexity index is 312. The van der Waals surface area contributed by atoms with E-state index in [2.05, 4.69) is 15.4 Å². The summed E-state index contributed by atoms with van der Waals surface area (Å²) in [6, 6.07) is 0. The third kappa shape index (κ3) is 1.05. The van der Waals surface area contributed by atoms with Crippen LogP contribution in [0.25, 0.3) is 0 Å². The molecule has 2 rings (SSSR count). The third-order valence-electron chi connectivity index (χ3n) is 1.57. The van der Waals surface area contributed by atoms with Crippen molar-refractivity contribution in [3.05, 3.63) is 24.3 Å². The maximum Gasteiger partial charge on any atom is 0.140 e. The molecule has 0 saturated carbocycles. The summed E-state index contributed by atoms with van der Waals surface area (Å²) in [5.74, 6) is 0.0764. The summed E-state index contributed by atoms with van der Waals surface area (Å²) in [5.41, 5.74) is 0.882. The van der Waals surface area contributed by atoms with Crippen molar-refractivity contribution >= 4 is 22.9 Å². The molecule has 0 saturated heterocycles. The number of hydrogen-bond donors (Lipinski definition) is 0. The number of nitrogens with zero attached hydrogens (tertiary/aromatic N) is 3. The minimum absolute atomic E-state index is 0.0764. The summed E-state index contributed by atoms with van der Waals surface area (Å²) < 4.78 is 0. The van der Waals surface area contributed by atoms with Crippen LogP contribution >= 0.6 is 12.2 Å². The van der Waals surface area contributed by atoms with Crippen molar-refractivity contribution in [1.29, 1.82) is 0 Å². The monoisotopic (exact) mass is 163 g/mol. The van der Waals surface area contributed by atoms with Gasteiger partial charge in [-0.1, -0.05) is 30.4 Å². The van der Waals surface area contributed by atoms with Gasteiger partial charge in [0.25, 0.3) is 0 Å². The molecule has 54 valence electrons. The third-order valence-corrected chi connectivity index (χ3v) is 1.91. The van der Waals surface area contributed by atoms with E-state index in [9.17, 15) is 0 Å². The predicted octanol–water partition coefficient (Wildman–Crippen LogP) is 1.88. The molecule has 1 atom stereocenters. The molecular weight excluding hydrogens is 158 g/mol. The zero-order valence-corrected chi connectivity index (χ0v) is 6.45. The highest BCUT2D eigenvalue weighted by Crippen LogP contribution is 2.16. The van der Waals surface area contributed by atoms with E-state index >= 15 is 0 Å². The number of thiocarbonyl (C=S) groups is 1. The second kappa shape index (κ2) is 2.47.